The number of aryl methyl sites for hydroxylation is 1. The molecule has 1 aromatic heterocycles. The van der Waals surface area contributed by atoms with Crippen LogP contribution < -0.4 is 21.6 Å². The molecule has 0 aliphatic carbocycles. The summed E-state index contributed by atoms with van der Waals surface area (Å²) in [7, 11) is 1.61. The van der Waals surface area contributed by atoms with Crippen LogP contribution in [0.3, 0.4) is 0 Å². The van der Waals surface area contributed by atoms with Crippen LogP contribution in [0, 0.1) is 0 Å². The van der Waals surface area contributed by atoms with Crippen molar-refractivity contribution in [2.45, 2.75) is 25.8 Å². The molecule has 0 bridgehead atoms. The molecule has 0 spiro atoms. The van der Waals surface area contributed by atoms with Crippen LogP contribution >= 0.6 is 0 Å². The highest BCUT2D eigenvalue weighted by Crippen LogP contribution is 2.12. The molecule has 0 radical (unpaired) electrons. The van der Waals surface area contributed by atoms with Crippen molar-refractivity contribution in [2.24, 2.45) is 10.8 Å². The summed E-state index contributed by atoms with van der Waals surface area (Å²) in [5.41, 5.74) is 8.12. The number of nitrogen functional groups attached to an aromatic ring is 1. The van der Waals surface area contributed by atoms with Crippen molar-refractivity contribution >= 4 is 18.6 Å². The molecule has 1 aromatic carbocycles. The first kappa shape index (κ1) is 21.0. The van der Waals surface area contributed by atoms with Gasteiger partial charge in [0.05, 0.1) is 18.5 Å². The highest BCUT2D eigenvalue weighted by Gasteiger charge is 2.06. The van der Waals surface area contributed by atoms with Crippen LogP contribution in [0.2, 0.25) is 0 Å². The molecule has 9 nitrogen and oxygen atoms in total. The third-order valence-electron chi connectivity index (χ3n) is 4.01. The fourth-order valence-corrected chi connectivity index (χ4v) is 2.54. The molecule has 6 N–H and O–H groups in total. The number of hydrazine groups is 1. The van der Waals surface area contributed by atoms with Crippen molar-refractivity contribution in [2.75, 3.05) is 19.4 Å². The molecule has 28 heavy (non-hydrogen) atoms. The molecule has 0 aliphatic heterocycles. The van der Waals surface area contributed by atoms with Crippen molar-refractivity contribution in [1.82, 2.24) is 20.3 Å². The Labute approximate surface area is 164 Å². The number of aromatic nitrogens is 2. The first-order valence-corrected chi connectivity index (χ1v) is 8.88. The van der Waals surface area contributed by atoms with Gasteiger partial charge in [-0.15, -0.1) is 0 Å². The molecular weight excluding hydrogens is 358 g/mol. The van der Waals surface area contributed by atoms with E-state index in [0.29, 0.717) is 24.6 Å². The lowest BCUT2D eigenvalue weighted by Crippen LogP contribution is -2.38. The summed E-state index contributed by atoms with van der Waals surface area (Å²) in [6.07, 6.45) is 5.64. The SMILES string of the molecule is C=N/C(=C\N(N)CC(=O)NCc1ccc(OC)cc1)CCCc1c[nH]c(N)n1. The third kappa shape index (κ3) is 7.12. The summed E-state index contributed by atoms with van der Waals surface area (Å²) >= 11 is 0. The normalized spacial score (nSPS) is 11.1. The second kappa shape index (κ2) is 10.7. The number of H-pyrrole nitrogens is 1. The Morgan fingerprint density at radius 3 is 2.79 bits per heavy atom. The number of benzene rings is 1. The molecule has 0 atom stereocenters. The van der Waals surface area contributed by atoms with Gasteiger partial charge in [0.1, 0.15) is 12.3 Å². The summed E-state index contributed by atoms with van der Waals surface area (Å²) in [6.45, 7) is 4.00. The van der Waals surface area contributed by atoms with E-state index in [4.69, 9.17) is 16.3 Å². The Morgan fingerprint density at radius 2 is 2.18 bits per heavy atom. The standard InChI is InChI=1S/C19H27N7O2/c1-22-16(5-3-4-15-11-24-19(20)25-15)12-26(21)13-18(27)23-10-14-6-8-17(28-2)9-7-14/h6-9,11-12H,1,3-5,10,13,21H2,2H3,(H,23,27)(H3,20,24,25)/b16-12-. The Kier molecular flexibility index (Phi) is 8.04. The molecule has 0 aliphatic rings. The van der Waals surface area contributed by atoms with Crippen LogP contribution in [0.1, 0.15) is 24.1 Å². The molecule has 2 aromatic rings. The van der Waals surface area contributed by atoms with Gasteiger partial charge in [0.2, 0.25) is 5.91 Å². The van der Waals surface area contributed by atoms with Gasteiger partial charge in [-0.2, -0.15) is 0 Å². The van der Waals surface area contributed by atoms with Gasteiger partial charge in [0.25, 0.3) is 0 Å². The molecule has 0 saturated heterocycles. The van der Waals surface area contributed by atoms with Crippen LogP contribution in [-0.2, 0) is 17.8 Å². The third-order valence-corrected chi connectivity index (χ3v) is 4.01. The molecule has 0 saturated carbocycles. The van der Waals surface area contributed by atoms with Crippen LogP contribution in [0.4, 0.5) is 5.95 Å². The maximum atomic E-state index is 12.1. The first-order chi connectivity index (χ1) is 13.5. The van der Waals surface area contributed by atoms with Crippen molar-refractivity contribution in [3.05, 3.63) is 53.6 Å². The number of hydrogen-bond donors (Lipinski definition) is 4. The number of methoxy groups -OCH3 is 1. The van der Waals surface area contributed by atoms with Gasteiger partial charge < -0.3 is 25.8 Å². The van der Waals surface area contributed by atoms with Gasteiger partial charge in [0.15, 0.2) is 5.95 Å². The lowest BCUT2D eigenvalue weighted by molar-refractivity contribution is -0.121. The van der Waals surface area contributed by atoms with Gasteiger partial charge in [-0.05, 0) is 43.7 Å². The number of carbonyl (C=O) groups excluding carboxylic acids is 1. The van der Waals surface area contributed by atoms with E-state index in [-0.39, 0.29) is 12.5 Å². The van der Waals surface area contributed by atoms with E-state index in [1.807, 2.05) is 24.3 Å². The Balaban J connectivity index is 1.74. The molecule has 9 heteroatoms. The summed E-state index contributed by atoms with van der Waals surface area (Å²) in [5, 5.41) is 4.13. The number of rotatable bonds is 11. The fraction of sp³-hybridized carbons (Fsp3) is 0.316. The number of allylic oxidation sites excluding steroid dienone is 1. The average Bonchev–Trinajstić information content (AvgIpc) is 3.11. The number of hydrogen-bond acceptors (Lipinski definition) is 7. The summed E-state index contributed by atoms with van der Waals surface area (Å²) in [5.74, 6) is 6.89. The number of nitrogens with one attached hydrogen (secondary N) is 2. The molecule has 2 rings (SSSR count). The fourth-order valence-electron chi connectivity index (χ4n) is 2.54. The number of aromatic amines is 1. The Hall–Kier alpha value is -3.33. The van der Waals surface area contributed by atoms with Gasteiger partial charge in [0, 0.05) is 18.9 Å². The predicted molar refractivity (Wildman–Crippen MR) is 109 cm³/mol. The van der Waals surface area contributed by atoms with Crippen LogP contribution in [0.25, 0.3) is 0 Å². The Morgan fingerprint density at radius 1 is 1.43 bits per heavy atom. The minimum absolute atomic E-state index is 0.0189. The van der Waals surface area contributed by atoms with E-state index >= 15 is 0 Å². The number of nitrogens with two attached hydrogens (primary N) is 2. The monoisotopic (exact) mass is 385 g/mol. The molecule has 150 valence electrons. The molecule has 1 heterocycles. The quantitative estimate of drug-likeness (QED) is 0.262. The van der Waals surface area contributed by atoms with Crippen LogP contribution in [-0.4, -0.2) is 41.3 Å². The van der Waals surface area contributed by atoms with Gasteiger partial charge in [-0.25, -0.2) is 10.8 Å². The van der Waals surface area contributed by atoms with Gasteiger partial charge >= 0.3 is 0 Å². The van der Waals surface area contributed by atoms with E-state index < -0.39 is 0 Å². The zero-order valence-electron chi connectivity index (χ0n) is 16.0. The molecule has 0 fully saturated rings. The van der Waals surface area contributed by atoms with E-state index in [0.717, 1.165) is 29.8 Å². The zero-order chi connectivity index (χ0) is 20.4. The largest absolute Gasteiger partial charge is 0.497 e. The second-order valence-electron chi connectivity index (χ2n) is 6.21. The molecule has 1 amide bonds. The highest BCUT2D eigenvalue weighted by atomic mass is 16.5. The number of nitrogens with zero attached hydrogens (tertiary/aromatic N) is 3. The van der Waals surface area contributed by atoms with Crippen LogP contribution in [0.5, 0.6) is 5.75 Å². The van der Waals surface area contributed by atoms with E-state index in [9.17, 15) is 4.79 Å². The lowest BCUT2D eigenvalue weighted by atomic mass is 10.1. The van der Waals surface area contributed by atoms with E-state index in [1.54, 1.807) is 19.5 Å². The number of ether oxygens (including phenoxy) is 1. The van der Waals surface area contributed by atoms with Crippen molar-refractivity contribution in [3.63, 3.8) is 0 Å². The number of anilines is 1. The smallest absolute Gasteiger partial charge is 0.241 e. The maximum Gasteiger partial charge on any atom is 0.241 e. The van der Waals surface area contributed by atoms with Crippen molar-refractivity contribution in [1.29, 1.82) is 0 Å². The molecule has 0 unspecified atom stereocenters. The van der Waals surface area contributed by atoms with E-state index in [1.165, 1.54) is 5.01 Å². The van der Waals surface area contributed by atoms with Crippen molar-refractivity contribution < 1.29 is 9.53 Å². The number of amides is 1. The summed E-state index contributed by atoms with van der Waals surface area (Å²) in [4.78, 5) is 23.0. The molecular formula is C19H27N7O2. The summed E-state index contributed by atoms with van der Waals surface area (Å²) < 4.78 is 5.11. The minimum atomic E-state index is -0.190. The van der Waals surface area contributed by atoms with E-state index in [2.05, 4.69) is 27.0 Å². The second-order valence-corrected chi connectivity index (χ2v) is 6.21. The number of aliphatic imine (C=N–C) groups is 1. The zero-order valence-corrected chi connectivity index (χ0v) is 16.0. The number of carbonyl (C=O) groups is 1. The summed E-state index contributed by atoms with van der Waals surface area (Å²) in [6, 6.07) is 7.48. The number of imidazole rings is 1. The van der Waals surface area contributed by atoms with Crippen LogP contribution in [0.15, 0.2) is 47.4 Å². The maximum absolute atomic E-state index is 12.1. The lowest BCUT2D eigenvalue weighted by Gasteiger charge is -2.15. The Bertz CT molecular complexity index is 799. The minimum Gasteiger partial charge on any atom is -0.497 e. The topological polar surface area (TPSA) is 135 Å². The van der Waals surface area contributed by atoms with Gasteiger partial charge in [-0.3, -0.25) is 9.79 Å². The first-order valence-electron chi connectivity index (χ1n) is 8.88. The predicted octanol–water partition coefficient (Wildman–Crippen LogP) is 1.36. The highest BCUT2D eigenvalue weighted by molar-refractivity contribution is 5.78. The average molecular weight is 385 g/mol. The van der Waals surface area contributed by atoms with Crippen molar-refractivity contribution in [3.8, 4) is 5.75 Å². The van der Waals surface area contributed by atoms with Gasteiger partial charge in [-0.1, -0.05) is 12.1 Å².